The summed E-state index contributed by atoms with van der Waals surface area (Å²) < 4.78 is 54.0. The molecule has 0 aromatic heterocycles. The quantitative estimate of drug-likeness (QED) is 0.169. The third-order valence-corrected chi connectivity index (χ3v) is 9.44. The van der Waals surface area contributed by atoms with E-state index >= 15 is 0 Å². The van der Waals surface area contributed by atoms with Crippen LogP contribution in [0.2, 0.25) is 5.02 Å². The first-order chi connectivity index (χ1) is 22.6. The lowest BCUT2D eigenvalue weighted by molar-refractivity contribution is -0.140. The van der Waals surface area contributed by atoms with E-state index in [1.165, 1.54) is 85.8 Å². The normalized spacial score (nSPS) is 11.8. The van der Waals surface area contributed by atoms with Crippen LogP contribution in [0.3, 0.4) is 0 Å². The van der Waals surface area contributed by atoms with Gasteiger partial charge in [0.25, 0.3) is 10.0 Å². The van der Waals surface area contributed by atoms with E-state index in [1.54, 1.807) is 0 Å². The molecule has 9 nitrogen and oxygen atoms in total. The molecule has 4 aromatic carbocycles. The number of sulfonamides is 1. The largest absolute Gasteiger partial charge is 0.493 e. The van der Waals surface area contributed by atoms with Gasteiger partial charge in [0.15, 0.2) is 11.5 Å². The molecule has 0 saturated carbocycles. The molecule has 0 heterocycles. The number of halogens is 2. The van der Waals surface area contributed by atoms with E-state index in [9.17, 15) is 22.4 Å². The summed E-state index contributed by atoms with van der Waals surface area (Å²) >= 11 is 6.13. The summed E-state index contributed by atoms with van der Waals surface area (Å²) in [7, 11) is -1.57. The fraction of sp³-hybridized carbons (Fsp3) is 0.257. The SMILES string of the molecule is CCCNC(=O)[C@@H](Cc1ccccc1)N(Cc1ccc(F)cc1)C(=O)CN(c1ccc(Cl)cc1)S(=O)(=O)c1ccc(OC)c(OC)c1. The number of nitrogens with zero attached hydrogens (tertiary/aromatic N) is 2. The molecule has 0 unspecified atom stereocenters. The topological polar surface area (TPSA) is 105 Å². The number of hydrogen-bond acceptors (Lipinski definition) is 6. The van der Waals surface area contributed by atoms with E-state index in [4.69, 9.17) is 21.1 Å². The zero-order chi connectivity index (χ0) is 34.0. The van der Waals surface area contributed by atoms with Crippen LogP contribution in [0.15, 0.2) is 102 Å². The zero-order valence-electron chi connectivity index (χ0n) is 26.4. The molecule has 248 valence electrons. The predicted octanol–water partition coefficient (Wildman–Crippen LogP) is 5.86. The molecule has 0 aliphatic rings. The van der Waals surface area contributed by atoms with Crippen LogP contribution in [0.25, 0.3) is 0 Å². The molecule has 12 heteroatoms. The number of hydrogen-bond donors (Lipinski definition) is 1. The van der Waals surface area contributed by atoms with Crippen molar-refractivity contribution < 1.29 is 31.9 Å². The van der Waals surface area contributed by atoms with Gasteiger partial charge >= 0.3 is 0 Å². The highest BCUT2D eigenvalue weighted by Crippen LogP contribution is 2.33. The van der Waals surface area contributed by atoms with Crippen LogP contribution in [0.5, 0.6) is 11.5 Å². The number of anilines is 1. The van der Waals surface area contributed by atoms with Crippen molar-refractivity contribution in [2.45, 2.75) is 37.2 Å². The van der Waals surface area contributed by atoms with E-state index in [1.807, 2.05) is 37.3 Å². The molecule has 0 aliphatic heterocycles. The monoisotopic (exact) mass is 681 g/mol. The molecule has 4 rings (SSSR count). The second-order valence-electron chi connectivity index (χ2n) is 10.6. The number of carbonyl (C=O) groups excluding carboxylic acids is 2. The Kier molecular flexibility index (Phi) is 12.2. The highest BCUT2D eigenvalue weighted by atomic mass is 35.5. The van der Waals surface area contributed by atoms with Crippen molar-refractivity contribution in [3.8, 4) is 11.5 Å². The molecule has 4 aromatic rings. The van der Waals surface area contributed by atoms with E-state index in [0.717, 1.165) is 9.87 Å². The Balaban J connectivity index is 1.81. The maximum absolute atomic E-state index is 14.5. The lowest BCUT2D eigenvalue weighted by Gasteiger charge is -2.34. The Bertz CT molecular complexity index is 1760. The Morgan fingerprint density at radius 2 is 1.53 bits per heavy atom. The fourth-order valence-electron chi connectivity index (χ4n) is 4.95. The lowest BCUT2D eigenvalue weighted by atomic mass is 10.0. The number of nitrogens with one attached hydrogen (secondary N) is 1. The van der Waals surface area contributed by atoms with Crippen molar-refractivity contribution in [1.29, 1.82) is 0 Å². The smallest absolute Gasteiger partial charge is 0.264 e. The highest BCUT2D eigenvalue weighted by Gasteiger charge is 2.35. The van der Waals surface area contributed by atoms with Crippen LogP contribution in [0, 0.1) is 5.82 Å². The highest BCUT2D eigenvalue weighted by molar-refractivity contribution is 7.92. The van der Waals surface area contributed by atoms with E-state index in [2.05, 4.69) is 5.32 Å². The van der Waals surface area contributed by atoms with Gasteiger partial charge in [-0.2, -0.15) is 0 Å². The number of rotatable bonds is 15. The molecule has 0 radical (unpaired) electrons. The predicted molar refractivity (Wildman–Crippen MR) is 180 cm³/mol. The summed E-state index contributed by atoms with van der Waals surface area (Å²) in [4.78, 5) is 29.4. The maximum Gasteiger partial charge on any atom is 0.264 e. The summed E-state index contributed by atoms with van der Waals surface area (Å²) in [5.74, 6) is -0.992. The first-order valence-corrected chi connectivity index (χ1v) is 16.7. The average molecular weight is 682 g/mol. The van der Waals surface area contributed by atoms with Gasteiger partial charge in [0, 0.05) is 30.6 Å². The second-order valence-corrected chi connectivity index (χ2v) is 12.9. The standard InChI is InChI=1S/C35H37ClFN3O6S/c1-4-20-38-35(42)31(21-25-8-6-5-7-9-25)39(23-26-10-14-28(37)15-11-26)34(41)24-40(29-16-12-27(36)13-17-29)47(43,44)30-18-19-32(45-2)33(22-30)46-3/h5-19,22,31H,4,20-21,23-24H2,1-3H3,(H,38,42)/t31-/m1/s1. The summed E-state index contributed by atoms with van der Waals surface area (Å²) in [6.45, 7) is 1.55. The minimum Gasteiger partial charge on any atom is -0.493 e. The van der Waals surface area contributed by atoms with Crippen molar-refractivity contribution >= 4 is 39.1 Å². The maximum atomic E-state index is 14.5. The van der Waals surface area contributed by atoms with Gasteiger partial charge in [-0.25, -0.2) is 12.8 Å². The summed E-state index contributed by atoms with van der Waals surface area (Å²) in [6.07, 6.45) is 0.830. The summed E-state index contributed by atoms with van der Waals surface area (Å²) in [5.41, 5.74) is 1.53. The van der Waals surface area contributed by atoms with Crippen molar-refractivity contribution in [2.24, 2.45) is 0 Å². The molecule has 0 bridgehead atoms. The van der Waals surface area contributed by atoms with Crippen LogP contribution in [0.1, 0.15) is 24.5 Å². The van der Waals surface area contributed by atoms with Gasteiger partial charge in [-0.1, -0.05) is 61.0 Å². The van der Waals surface area contributed by atoms with Gasteiger partial charge in [-0.05, 0) is 66.1 Å². The first kappa shape index (κ1) is 35.2. The van der Waals surface area contributed by atoms with Crippen molar-refractivity contribution in [1.82, 2.24) is 10.2 Å². The zero-order valence-corrected chi connectivity index (χ0v) is 27.9. The Morgan fingerprint density at radius 1 is 0.872 bits per heavy atom. The molecular formula is C35H37ClFN3O6S. The second kappa shape index (κ2) is 16.3. The Hall–Kier alpha value is -4.61. The first-order valence-electron chi connectivity index (χ1n) is 14.9. The number of methoxy groups -OCH3 is 2. The molecule has 1 N–H and O–H groups in total. The van der Waals surface area contributed by atoms with Gasteiger partial charge in [0.1, 0.15) is 18.4 Å². The van der Waals surface area contributed by atoms with Gasteiger partial charge in [-0.15, -0.1) is 0 Å². The van der Waals surface area contributed by atoms with E-state index in [0.29, 0.717) is 29.3 Å². The number of carbonyl (C=O) groups is 2. The third kappa shape index (κ3) is 9.02. The molecule has 0 aliphatic carbocycles. The van der Waals surface area contributed by atoms with E-state index in [-0.39, 0.29) is 29.3 Å². The lowest BCUT2D eigenvalue weighted by Crippen LogP contribution is -2.53. The average Bonchev–Trinajstić information content (AvgIpc) is 3.08. The van der Waals surface area contributed by atoms with Crippen LogP contribution in [-0.2, 0) is 32.6 Å². The van der Waals surface area contributed by atoms with Crippen molar-refractivity contribution in [2.75, 3.05) is 31.6 Å². The van der Waals surface area contributed by atoms with E-state index < -0.39 is 40.2 Å². The van der Waals surface area contributed by atoms with Gasteiger partial charge in [0.2, 0.25) is 11.8 Å². The van der Waals surface area contributed by atoms with Crippen LogP contribution >= 0.6 is 11.6 Å². The number of ether oxygens (including phenoxy) is 2. The van der Waals surface area contributed by atoms with Crippen LogP contribution in [-0.4, -0.2) is 58.5 Å². The van der Waals surface area contributed by atoms with Gasteiger partial charge < -0.3 is 19.7 Å². The number of amides is 2. The Labute approximate surface area is 279 Å². The molecular weight excluding hydrogens is 645 g/mol. The van der Waals surface area contributed by atoms with Gasteiger partial charge in [-0.3, -0.25) is 13.9 Å². The minimum absolute atomic E-state index is 0.0823. The molecule has 47 heavy (non-hydrogen) atoms. The molecule has 0 fully saturated rings. The minimum atomic E-state index is -4.39. The third-order valence-electron chi connectivity index (χ3n) is 7.42. The Morgan fingerprint density at radius 3 is 2.15 bits per heavy atom. The van der Waals surface area contributed by atoms with Crippen molar-refractivity contribution in [3.05, 3.63) is 119 Å². The summed E-state index contributed by atoms with van der Waals surface area (Å²) in [5, 5.41) is 3.26. The molecule has 2 amide bonds. The van der Waals surface area contributed by atoms with Crippen LogP contribution in [0.4, 0.5) is 10.1 Å². The van der Waals surface area contributed by atoms with Crippen molar-refractivity contribution in [3.63, 3.8) is 0 Å². The molecule has 0 spiro atoms. The number of benzene rings is 4. The van der Waals surface area contributed by atoms with Crippen LogP contribution < -0.4 is 19.1 Å². The molecule has 0 saturated heterocycles. The van der Waals surface area contributed by atoms with Gasteiger partial charge in [0.05, 0.1) is 24.8 Å². The molecule has 1 atom stereocenters. The summed E-state index contributed by atoms with van der Waals surface area (Å²) in [6, 6.07) is 23.9. The fourth-order valence-corrected chi connectivity index (χ4v) is 6.50.